The first kappa shape index (κ1) is 33.4. The Morgan fingerprint density at radius 2 is 1.80 bits per heavy atom. The maximum absolute atomic E-state index is 15.0. The van der Waals surface area contributed by atoms with E-state index >= 15 is 4.39 Å². The lowest BCUT2D eigenvalue weighted by molar-refractivity contribution is -0.181. The first-order valence-corrected chi connectivity index (χ1v) is 14.3. The molecule has 17 heteroatoms. The van der Waals surface area contributed by atoms with Crippen molar-refractivity contribution < 1.29 is 44.7 Å². The van der Waals surface area contributed by atoms with Gasteiger partial charge >= 0.3 is 18.0 Å². The van der Waals surface area contributed by atoms with Crippen molar-refractivity contribution in [2.24, 2.45) is 0 Å². The minimum Gasteiger partial charge on any atom is -0.488 e. The molecule has 1 aromatic heterocycles. The number of aromatic nitrogens is 2. The summed E-state index contributed by atoms with van der Waals surface area (Å²) >= 11 is 6.65. The zero-order valence-electron chi connectivity index (χ0n) is 24.1. The summed E-state index contributed by atoms with van der Waals surface area (Å²) in [5.41, 5.74) is -1.43. The molecule has 1 fully saturated rings. The van der Waals surface area contributed by atoms with Gasteiger partial charge in [0.15, 0.2) is 5.75 Å². The van der Waals surface area contributed by atoms with E-state index < -0.39 is 68.0 Å². The molecule has 46 heavy (non-hydrogen) atoms. The first-order chi connectivity index (χ1) is 21.5. The molecule has 3 heterocycles. The lowest BCUT2D eigenvalue weighted by Crippen LogP contribution is -2.54. The van der Waals surface area contributed by atoms with Crippen LogP contribution in [0.1, 0.15) is 13.0 Å². The van der Waals surface area contributed by atoms with Crippen LogP contribution in [0.4, 0.5) is 40.9 Å². The molecular weight excluding hydrogens is 654 g/mol. The number of anilines is 1. The van der Waals surface area contributed by atoms with E-state index in [0.29, 0.717) is 6.07 Å². The van der Waals surface area contributed by atoms with Gasteiger partial charge in [0.1, 0.15) is 24.1 Å². The second-order valence-corrected chi connectivity index (χ2v) is 11.5. The van der Waals surface area contributed by atoms with Gasteiger partial charge in [-0.25, -0.2) is 13.6 Å². The summed E-state index contributed by atoms with van der Waals surface area (Å²) in [5, 5.41) is 0.0349. The third-order valence-corrected chi connectivity index (χ3v) is 8.04. The number of nitrogens with zero attached hydrogens (tertiary/aromatic N) is 5. The minimum atomic E-state index is -4.99. The molecule has 3 aromatic rings. The number of halogens is 9. The maximum Gasteiger partial charge on any atom is 0.401 e. The summed E-state index contributed by atoms with van der Waals surface area (Å²) in [6.45, 7) is 0.499. The Morgan fingerprint density at radius 3 is 2.39 bits per heavy atom. The Morgan fingerprint density at radius 1 is 1.13 bits per heavy atom. The number of benzene rings is 2. The van der Waals surface area contributed by atoms with Crippen molar-refractivity contribution in [3.63, 3.8) is 0 Å². The van der Waals surface area contributed by atoms with Gasteiger partial charge in [-0.15, -0.1) is 0 Å². The van der Waals surface area contributed by atoms with Crippen LogP contribution in [0.15, 0.2) is 41.7 Å². The van der Waals surface area contributed by atoms with Crippen LogP contribution in [0.2, 0.25) is 5.02 Å². The molecule has 2 atom stereocenters. The van der Waals surface area contributed by atoms with Crippen LogP contribution in [-0.4, -0.2) is 89.5 Å². The molecule has 2 aliphatic heterocycles. The van der Waals surface area contributed by atoms with Gasteiger partial charge in [0.05, 0.1) is 29.7 Å². The molecule has 1 saturated heterocycles. The fourth-order valence-electron chi connectivity index (χ4n) is 5.95. The molecule has 0 spiro atoms. The van der Waals surface area contributed by atoms with Gasteiger partial charge in [0, 0.05) is 54.8 Å². The van der Waals surface area contributed by atoms with Crippen LogP contribution in [0.3, 0.4) is 0 Å². The Hall–Kier alpha value is -3.92. The van der Waals surface area contributed by atoms with Crippen molar-refractivity contribution in [1.29, 1.82) is 0 Å². The molecule has 1 amide bonds. The van der Waals surface area contributed by atoms with E-state index in [4.69, 9.17) is 16.3 Å². The Kier molecular flexibility index (Phi) is 8.98. The van der Waals surface area contributed by atoms with Crippen LogP contribution < -0.4 is 15.3 Å². The van der Waals surface area contributed by atoms with Crippen LogP contribution in [-0.2, 0) is 4.79 Å². The number of piperazine rings is 1. The van der Waals surface area contributed by atoms with Crippen molar-refractivity contribution in [2.45, 2.75) is 31.4 Å². The molecule has 0 saturated carbocycles. The van der Waals surface area contributed by atoms with Crippen LogP contribution >= 0.6 is 11.6 Å². The number of hydrogen-bond donors (Lipinski definition) is 0. The molecule has 5 rings (SSSR count). The molecule has 0 bridgehead atoms. The number of amides is 1. The molecule has 2 aliphatic rings. The number of ether oxygens (including phenoxy) is 1. The van der Waals surface area contributed by atoms with Gasteiger partial charge in [-0.2, -0.15) is 31.3 Å². The summed E-state index contributed by atoms with van der Waals surface area (Å²) in [6, 6.07) is 2.16. The van der Waals surface area contributed by atoms with Crippen molar-refractivity contribution in [3.8, 4) is 16.9 Å². The molecule has 0 radical (unpaired) electrons. The topological polar surface area (TPSA) is 70.9 Å². The zero-order chi connectivity index (χ0) is 33.7. The Bertz CT molecular complexity index is 1730. The van der Waals surface area contributed by atoms with Gasteiger partial charge in [-0.3, -0.25) is 14.3 Å². The van der Waals surface area contributed by atoms with Crippen molar-refractivity contribution in [1.82, 2.24) is 19.4 Å². The summed E-state index contributed by atoms with van der Waals surface area (Å²) in [4.78, 5) is 33.5. The van der Waals surface area contributed by atoms with E-state index in [-0.39, 0.29) is 69.1 Å². The third-order valence-electron chi connectivity index (χ3n) is 7.74. The maximum atomic E-state index is 15.0. The van der Waals surface area contributed by atoms with E-state index in [2.05, 4.69) is 11.6 Å². The fraction of sp³-hybridized carbons (Fsp3) is 0.414. The van der Waals surface area contributed by atoms with Crippen molar-refractivity contribution in [3.05, 3.63) is 64.1 Å². The molecule has 8 nitrogen and oxygen atoms in total. The summed E-state index contributed by atoms with van der Waals surface area (Å²) in [6.07, 6.45) is -8.83. The van der Waals surface area contributed by atoms with Gasteiger partial charge in [-0.1, -0.05) is 18.2 Å². The molecule has 2 unspecified atom stereocenters. The second-order valence-electron chi connectivity index (χ2n) is 11.1. The van der Waals surface area contributed by atoms with E-state index in [1.165, 1.54) is 11.0 Å². The van der Waals surface area contributed by atoms with Gasteiger partial charge < -0.3 is 14.5 Å². The van der Waals surface area contributed by atoms with Crippen molar-refractivity contribution >= 4 is 34.2 Å². The number of carbonyl (C=O) groups excluding carboxylic acids is 1. The fourth-order valence-corrected chi connectivity index (χ4v) is 6.24. The molecule has 2 aromatic carbocycles. The van der Waals surface area contributed by atoms with E-state index in [0.717, 1.165) is 22.8 Å². The number of rotatable bonds is 7. The highest BCUT2D eigenvalue weighted by atomic mass is 35.5. The summed E-state index contributed by atoms with van der Waals surface area (Å²) in [5.74, 6) is -2.37. The standard InChI is InChI=1S/C29H26ClF8N5O3/c1-3-22(44)41-6-7-42(15(2)10-41)26-19-9-20(30)23(18-5-4-16(31)8-21(18)32)25-24(19)43(27(45)39-26)17(12-46-25)11-40(13-28(33,34)35)14-29(36,37)38/h3-5,8-9,15,17H,1,6-7,10-14H2,2H3. The number of hydrogen-bond acceptors (Lipinski definition) is 6. The van der Waals surface area contributed by atoms with E-state index in [1.807, 2.05) is 0 Å². The first-order valence-electron chi connectivity index (χ1n) is 13.9. The largest absolute Gasteiger partial charge is 0.488 e. The minimum absolute atomic E-state index is 0.0652. The van der Waals surface area contributed by atoms with E-state index in [1.54, 1.807) is 11.8 Å². The molecule has 0 N–H and O–H groups in total. The predicted octanol–water partition coefficient (Wildman–Crippen LogP) is 5.58. The highest BCUT2D eigenvalue weighted by Crippen LogP contribution is 2.47. The van der Waals surface area contributed by atoms with Crippen LogP contribution in [0.25, 0.3) is 22.0 Å². The Labute approximate surface area is 261 Å². The third kappa shape index (κ3) is 6.77. The summed E-state index contributed by atoms with van der Waals surface area (Å²) in [7, 11) is 0. The molecular formula is C29H26ClF8N5O3. The van der Waals surface area contributed by atoms with Gasteiger partial charge in [0.2, 0.25) is 5.91 Å². The lowest BCUT2D eigenvalue weighted by atomic mass is 9.99. The highest BCUT2D eigenvalue weighted by Gasteiger charge is 2.40. The smallest absolute Gasteiger partial charge is 0.401 e. The summed E-state index contributed by atoms with van der Waals surface area (Å²) < 4.78 is 115. The zero-order valence-corrected chi connectivity index (χ0v) is 24.8. The van der Waals surface area contributed by atoms with Gasteiger partial charge in [-0.05, 0) is 31.2 Å². The predicted molar refractivity (Wildman–Crippen MR) is 153 cm³/mol. The van der Waals surface area contributed by atoms with E-state index in [9.17, 15) is 40.3 Å². The molecule has 248 valence electrons. The monoisotopic (exact) mass is 679 g/mol. The SMILES string of the molecule is C=CC(=O)N1CCN(c2nc(=O)n3c4c(c(-c5ccc(F)cc5F)c(Cl)cc24)OCC3CN(CC(F)(F)F)CC(F)(F)F)C(C)C1. The average molecular weight is 680 g/mol. The second kappa shape index (κ2) is 12.4. The van der Waals surface area contributed by atoms with Crippen LogP contribution in [0.5, 0.6) is 5.75 Å². The normalized spacial score (nSPS) is 18.7. The van der Waals surface area contributed by atoms with Crippen molar-refractivity contribution in [2.75, 3.05) is 50.8 Å². The number of alkyl halides is 6. The quantitative estimate of drug-likeness (QED) is 0.240. The Balaban J connectivity index is 1.71. The molecule has 0 aliphatic carbocycles. The lowest BCUT2D eigenvalue weighted by Gasteiger charge is -2.41. The highest BCUT2D eigenvalue weighted by molar-refractivity contribution is 6.35. The van der Waals surface area contributed by atoms with Crippen LogP contribution in [0, 0.1) is 11.6 Å². The average Bonchev–Trinajstić information content (AvgIpc) is 2.93. The number of carbonyl (C=O) groups is 1. The van der Waals surface area contributed by atoms with Gasteiger partial charge in [0.25, 0.3) is 0 Å².